The smallest absolute Gasteiger partial charge is 0.416 e. The summed E-state index contributed by atoms with van der Waals surface area (Å²) in [6.45, 7) is -0.00296. The molecule has 0 spiro atoms. The summed E-state index contributed by atoms with van der Waals surface area (Å²) < 4.78 is 141. The van der Waals surface area contributed by atoms with Crippen LogP contribution in [0.4, 0.5) is 35.1 Å². The number of ether oxygens (including phenoxy) is 1. The highest BCUT2D eigenvalue weighted by atomic mass is 35.5. The van der Waals surface area contributed by atoms with Crippen LogP contribution < -0.4 is 8.92 Å². The van der Waals surface area contributed by atoms with E-state index in [1.165, 1.54) is 12.1 Å². The molecule has 0 radical (unpaired) electrons. The van der Waals surface area contributed by atoms with Crippen LogP contribution in [0.25, 0.3) is 0 Å². The largest absolute Gasteiger partial charge is 0.493 e. The van der Waals surface area contributed by atoms with Crippen molar-refractivity contribution >= 4 is 21.7 Å². The van der Waals surface area contributed by atoms with Gasteiger partial charge in [0.1, 0.15) is 10.6 Å². The first kappa shape index (κ1) is 26.0. The van der Waals surface area contributed by atoms with Gasteiger partial charge in [0, 0.05) is 22.6 Å². The molecule has 14 heteroatoms. The van der Waals surface area contributed by atoms with Crippen LogP contribution in [0.2, 0.25) is 5.02 Å². The molecule has 0 saturated carbocycles. The highest BCUT2D eigenvalue weighted by Crippen LogP contribution is 2.43. The number of benzene rings is 3. The number of halogens is 9. The molecule has 1 aliphatic heterocycles. The molecule has 3 aromatic carbocycles. The van der Waals surface area contributed by atoms with E-state index in [2.05, 4.69) is 4.18 Å². The zero-order chi connectivity index (χ0) is 26.6. The third kappa shape index (κ3) is 4.57. The van der Waals surface area contributed by atoms with Crippen LogP contribution in [-0.2, 0) is 16.3 Å². The van der Waals surface area contributed by atoms with E-state index in [4.69, 9.17) is 16.3 Å². The Morgan fingerprint density at radius 1 is 0.861 bits per heavy atom. The Bertz CT molecular complexity index is 1440. The fourth-order valence-corrected chi connectivity index (χ4v) is 4.91. The van der Waals surface area contributed by atoms with Gasteiger partial charge in [0.25, 0.3) is 0 Å². The molecule has 0 saturated heterocycles. The average molecular weight is 559 g/mol. The standard InChI is InChI=1S/C22H11ClF8O4S/c23-14-7-9(22(29,30)31)1-3-12(14)11-5-6-34-15-8-10(2-4-13(11)15)36(32,33)35-21-19(27)17(25)16(24)18(26)20(21)28/h1-4,7-8,11H,5-6H2/t11-/m0/s1. The molecule has 4 nitrogen and oxygen atoms in total. The lowest BCUT2D eigenvalue weighted by molar-refractivity contribution is -0.137. The molecule has 0 aromatic heterocycles. The maximum Gasteiger partial charge on any atom is 0.416 e. The van der Waals surface area contributed by atoms with Crippen LogP contribution in [0.1, 0.15) is 29.0 Å². The van der Waals surface area contributed by atoms with Crippen molar-refractivity contribution in [3.63, 3.8) is 0 Å². The highest BCUT2D eigenvalue weighted by Gasteiger charge is 2.34. The molecule has 3 aromatic rings. The Hall–Kier alpha value is -3.06. The van der Waals surface area contributed by atoms with Gasteiger partial charge in [-0.05, 0) is 30.2 Å². The number of fused-ring (bicyclic) bond motifs is 1. The van der Waals surface area contributed by atoms with Crippen molar-refractivity contribution in [2.45, 2.75) is 23.4 Å². The lowest BCUT2D eigenvalue weighted by Gasteiger charge is -2.27. The quantitative estimate of drug-likeness (QED) is 0.154. The van der Waals surface area contributed by atoms with Gasteiger partial charge in [-0.25, -0.2) is 13.2 Å². The molecule has 1 heterocycles. The third-order valence-electron chi connectivity index (χ3n) is 5.38. The molecular formula is C22H11ClF8O4S. The van der Waals surface area contributed by atoms with E-state index in [0.717, 1.165) is 24.3 Å². The van der Waals surface area contributed by atoms with Crippen molar-refractivity contribution in [2.75, 3.05) is 6.61 Å². The van der Waals surface area contributed by atoms with E-state index in [9.17, 15) is 43.5 Å². The van der Waals surface area contributed by atoms with Crippen molar-refractivity contribution in [1.82, 2.24) is 0 Å². The number of hydrogen-bond acceptors (Lipinski definition) is 4. The Morgan fingerprint density at radius 2 is 1.44 bits per heavy atom. The zero-order valence-electron chi connectivity index (χ0n) is 17.4. The minimum Gasteiger partial charge on any atom is -0.493 e. The fourth-order valence-electron chi connectivity index (χ4n) is 3.65. The van der Waals surface area contributed by atoms with Crippen LogP contribution in [0, 0.1) is 29.1 Å². The van der Waals surface area contributed by atoms with Crippen molar-refractivity contribution in [3.05, 3.63) is 87.2 Å². The first-order chi connectivity index (χ1) is 16.7. The topological polar surface area (TPSA) is 52.6 Å². The second-order valence-electron chi connectivity index (χ2n) is 7.56. The van der Waals surface area contributed by atoms with E-state index in [1.807, 2.05) is 0 Å². The maximum absolute atomic E-state index is 13.9. The van der Waals surface area contributed by atoms with Gasteiger partial charge in [-0.3, -0.25) is 0 Å². The maximum atomic E-state index is 13.9. The van der Waals surface area contributed by atoms with Crippen LogP contribution >= 0.6 is 11.6 Å². The molecule has 36 heavy (non-hydrogen) atoms. The summed E-state index contributed by atoms with van der Waals surface area (Å²) in [5.41, 5.74) is -0.323. The molecule has 1 atom stereocenters. The van der Waals surface area contributed by atoms with Gasteiger partial charge in [-0.2, -0.15) is 30.4 Å². The summed E-state index contributed by atoms with van der Waals surface area (Å²) in [5, 5.41) is -0.186. The molecule has 0 fully saturated rings. The molecule has 0 aliphatic carbocycles. The summed E-state index contributed by atoms with van der Waals surface area (Å²) in [6, 6.07) is 5.79. The lowest BCUT2D eigenvalue weighted by atomic mass is 9.86. The molecule has 0 N–H and O–H groups in total. The summed E-state index contributed by atoms with van der Waals surface area (Å²) in [6.07, 6.45) is -4.35. The van der Waals surface area contributed by atoms with E-state index < -0.39 is 67.5 Å². The molecule has 0 bridgehead atoms. The molecule has 0 amide bonds. The van der Waals surface area contributed by atoms with Crippen molar-refractivity contribution in [1.29, 1.82) is 0 Å². The van der Waals surface area contributed by atoms with Crippen LogP contribution in [0.15, 0.2) is 41.3 Å². The minimum absolute atomic E-state index is 0.00296. The highest BCUT2D eigenvalue weighted by molar-refractivity contribution is 7.87. The van der Waals surface area contributed by atoms with Crippen LogP contribution in [-0.4, -0.2) is 15.0 Å². The van der Waals surface area contributed by atoms with E-state index in [0.29, 0.717) is 11.1 Å². The van der Waals surface area contributed by atoms with Gasteiger partial charge in [-0.1, -0.05) is 23.7 Å². The normalized spacial score (nSPS) is 15.9. The first-order valence-corrected chi connectivity index (χ1v) is 11.6. The average Bonchev–Trinajstić information content (AvgIpc) is 2.83. The van der Waals surface area contributed by atoms with Gasteiger partial charge in [0.05, 0.1) is 12.2 Å². The monoisotopic (exact) mass is 558 g/mol. The lowest BCUT2D eigenvalue weighted by Crippen LogP contribution is -2.18. The SMILES string of the molecule is O=S(=O)(Oc1c(F)c(F)c(F)c(F)c1F)c1ccc2c(c1)OCC[C@H]2c1ccc(C(F)(F)F)cc1Cl. The van der Waals surface area contributed by atoms with Gasteiger partial charge in [-0.15, -0.1) is 0 Å². The van der Waals surface area contributed by atoms with Gasteiger partial charge >= 0.3 is 16.3 Å². The molecular weight excluding hydrogens is 548 g/mol. The zero-order valence-corrected chi connectivity index (χ0v) is 19.0. The summed E-state index contributed by atoms with van der Waals surface area (Å²) in [4.78, 5) is -0.746. The van der Waals surface area contributed by atoms with Gasteiger partial charge < -0.3 is 8.92 Å². The summed E-state index contributed by atoms with van der Waals surface area (Å²) >= 11 is 6.08. The second-order valence-corrected chi connectivity index (χ2v) is 9.51. The Labute approximate surface area is 203 Å². The van der Waals surface area contributed by atoms with Crippen LogP contribution in [0.3, 0.4) is 0 Å². The van der Waals surface area contributed by atoms with E-state index in [-0.39, 0.29) is 23.8 Å². The molecule has 0 unspecified atom stereocenters. The first-order valence-electron chi connectivity index (χ1n) is 9.81. The van der Waals surface area contributed by atoms with Crippen molar-refractivity contribution < 1.29 is 52.5 Å². The number of hydrogen-bond donors (Lipinski definition) is 0. The van der Waals surface area contributed by atoms with Gasteiger partial charge in [0.2, 0.25) is 34.8 Å². The van der Waals surface area contributed by atoms with E-state index >= 15 is 0 Å². The molecule has 4 rings (SSSR count). The summed E-state index contributed by atoms with van der Waals surface area (Å²) in [5.74, 6) is -14.9. The number of alkyl halides is 3. The van der Waals surface area contributed by atoms with Gasteiger partial charge in [0.15, 0.2) is 0 Å². The second kappa shape index (κ2) is 9.11. The number of rotatable bonds is 4. The predicted molar refractivity (Wildman–Crippen MR) is 109 cm³/mol. The minimum atomic E-state index is -5.12. The van der Waals surface area contributed by atoms with Crippen molar-refractivity contribution in [2.24, 2.45) is 0 Å². The van der Waals surface area contributed by atoms with Crippen LogP contribution in [0.5, 0.6) is 11.5 Å². The predicted octanol–water partition coefficient (Wildman–Crippen LogP) is 6.74. The molecule has 1 aliphatic rings. The summed E-state index contributed by atoms with van der Waals surface area (Å²) in [7, 11) is -5.12. The van der Waals surface area contributed by atoms with Crippen molar-refractivity contribution in [3.8, 4) is 11.5 Å². The Morgan fingerprint density at radius 3 is 2.03 bits per heavy atom. The van der Waals surface area contributed by atoms with E-state index in [1.54, 1.807) is 0 Å². The fraction of sp³-hybridized carbons (Fsp3) is 0.182. The Balaban J connectivity index is 1.70. The Kier molecular flexibility index (Phi) is 6.58. The molecule has 192 valence electrons. The third-order valence-corrected chi connectivity index (χ3v) is 6.92.